The predicted octanol–water partition coefficient (Wildman–Crippen LogP) is 1.21. The van der Waals surface area contributed by atoms with E-state index in [4.69, 9.17) is 9.47 Å². The van der Waals surface area contributed by atoms with Crippen LogP contribution < -0.4 is 0 Å². The minimum absolute atomic E-state index is 0. The van der Waals surface area contributed by atoms with Crippen molar-refractivity contribution in [2.45, 2.75) is 34.3 Å². The van der Waals surface area contributed by atoms with E-state index < -0.39 is 0 Å². The maximum Gasteiger partial charge on any atom is 0.303 e. The molecule has 5 heteroatoms. The van der Waals surface area contributed by atoms with Crippen LogP contribution in [0.4, 0.5) is 0 Å². The van der Waals surface area contributed by atoms with Gasteiger partial charge < -0.3 is 14.0 Å². The van der Waals surface area contributed by atoms with Crippen molar-refractivity contribution < 1.29 is 23.5 Å². The van der Waals surface area contributed by atoms with Gasteiger partial charge in [0.1, 0.15) is 13.2 Å². The molecule has 0 amide bonds. The summed E-state index contributed by atoms with van der Waals surface area (Å²) in [5, 5.41) is 0. The van der Waals surface area contributed by atoms with Crippen LogP contribution in [0.5, 0.6) is 0 Å². The molecule has 0 aromatic heterocycles. The summed E-state index contributed by atoms with van der Waals surface area (Å²) in [7, 11) is 4.06. The molecule has 0 fully saturated rings. The molecular weight excluding hydrogens is 222 g/mol. The molecular formula is C12H26NO4+. The van der Waals surface area contributed by atoms with Crippen molar-refractivity contribution in [3.8, 4) is 0 Å². The number of likely N-dealkylation sites (N-methyl/N-ethyl adjacent to an activating group) is 1. The molecule has 0 aliphatic carbocycles. The largest absolute Gasteiger partial charge is 0.462 e. The molecule has 0 saturated heterocycles. The maximum atomic E-state index is 10.9. The van der Waals surface area contributed by atoms with Crippen molar-refractivity contribution in [1.82, 2.24) is 0 Å². The van der Waals surface area contributed by atoms with Crippen LogP contribution >= 0.6 is 0 Å². The lowest BCUT2D eigenvalue weighted by atomic mass is 10.3. The predicted molar refractivity (Wildman–Crippen MR) is 66.4 cm³/mol. The van der Waals surface area contributed by atoms with Crippen LogP contribution in [0, 0.1) is 0 Å². The van der Waals surface area contributed by atoms with Crippen LogP contribution in [-0.2, 0) is 19.1 Å². The van der Waals surface area contributed by atoms with Crippen LogP contribution in [0.15, 0.2) is 0 Å². The number of hydrogen-bond acceptors (Lipinski definition) is 4. The lowest BCUT2D eigenvalue weighted by molar-refractivity contribution is -0.891. The fourth-order valence-electron chi connectivity index (χ4n) is 1.25. The highest BCUT2D eigenvalue weighted by Crippen LogP contribution is 2.04. The van der Waals surface area contributed by atoms with Crippen molar-refractivity contribution in [3.63, 3.8) is 0 Å². The Hall–Kier alpha value is -1.10. The number of esters is 2. The van der Waals surface area contributed by atoms with Gasteiger partial charge in [-0.05, 0) is 6.92 Å². The van der Waals surface area contributed by atoms with Crippen LogP contribution in [0.1, 0.15) is 28.2 Å². The molecule has 102 valence electrons. The summed E-state index contributed by atoms with van der Waals surface area (Å²) < 4.78 is 10.7. The fourth-order valence-corrected chi connectivity index (χ4v) is 1.25. The van der Waals surface area contributed by atoms with Crippen molar-refractivity contribution in [3.05, 3.63) is 0 Å². The molecule has 1 atom stereocenters. The van der Waals surface area contributed by atoms with Crippen molar-refractivity contribution in [2.24, 2.45) is 0 Å². The quantitative estimate of drug-likeness (QED) is 0.524. The van der Waals surface area contributed by atoms with E-state index in [1.165, 1.54) is 13.8 Å². The van der Waals surface area contributed by atoms with Gasteiger partial charge in [-0.25, -0.2) is 0 Å². The number of carbonyl (C=O) groups is 2. The normalized spacial score (nSPS) is 12.3. The molecule has 0 spiro atoms. The minimum Gasteiger partial charge on any atom is -0.462 e. The lowest BCUT2D eigenvalue weighted by Crippen LogP contribution is -2.47. The van der Waals surface area contributed by atoms with Crippen LogP contribution in [0.3, 0.4) is 0 Å². The summed E-state index contributed by atoms with van der Waals surface area (Å²) in [6.07, 6.45) is -0.378. The first-order chi connectivity index (χ1) is 7.26. The number of rotatable bonds is 6. The first-order valence-corrected chi connectivity index (χ1v) is 5.39. The average Bonchev–Trinajstić information content (AvgIpc) is 2.13. The molecule has 0 rings (SSSR count). The molecule has 5 nitrogen and oxygen atoms in total. The van der Waals surface area contributed by atoms with Gasteiger partial charge in [0.15, 0.2) is 6.10 Å². The molecule has 0 saturated carbocycles. The second-order valence-corrected chi connectivity index (χ2v) is 4.47. The van der Waals surface area contributed by atoms with Gasteiger partial charge in [0.05, 0.1) is 20.6 Å². The molecule has 17 heavy (non-hydrogen) atoms. The van der Waals surface area contributed by atoms with Crippen LogP contribution in [0.2, 0.25) is 0 Å². The Balaban J connectivity index is 0. The van der Waals surface area contributed by atoms with Crippen LogP contribution in [-0.4, -0.2) is 56.3 Å². The number of hydrogen-bond donors (Lipinski definition) is 0. The molecule has 0 N–H and O–H groups in total. The second-order valence-electron chi connectivity index (χ2n) is 4.47. The molecule has 1 unspecified atom stereocenters. The highest BCUT2D eigenvalue weighted by molar-refractivity contribution is 5.67. The number of ether oxygens (including phenoxy) is 2. The minimum atomic E-state index is -0.378. The van der Waals surface area contributed by atoms with Gasteiger partial charge in [-0.3, -0.25) is 9.59 Å². The van der Waals surface area contributed by atoms with Crippen molar-refractivity contribution in [1.29, 1.82) is 0 Å². The zero-order chi connectivity index (χ0) is 12.8. The highest BCUT2D eigenvalue weighted by Gasteiger charge is 2.23. The fraction of sp³-hybridized carbons (Fsp3) is 0.833. The molecule has 0 aromatic carbocycles. The van der Waals surface area contributed by atoms with Gasteiger partial charge in [-0.15, -0.1) is 0 Å². The van der Waals surface area contributed by atoms with Crippen molar-refractivity contribution in [2.75, 3.05) is 33.8 Å². The number of nitrogens with zero attached hydrogens (tertiary/aromatic N) is 1. The summed E-state index contributed by atoms with van der Waals surface area (Å²) >= 11 is 0. The van der Waals surface area contributed by atoms with E-state index in [9.17, 15) is 9.59 Å². The van der Waals surface area contributed by atoms with E-state index in [-0.39, 0.29) is 32.1 Å². The molecule has 0 aliphatic heterocycles. The van der Waals surface area contributed by atoms with Crippen molar-refractivity contribution >= 4 is 11.9 Å². The van der Waals surface area contributed by atoms with Gasteiger partial charge >= 0.3 is 11.9 Å². The summed E-state index contributed by atoms with van der Waals surface area (Å²) in [6, 6.07) is 0. The Bertz CT molecular complexity index is 251. The Labute approximate surface area is 104 Å². The standard InChI is InChI=1S/C11H22NO4.CH4/c1-6-12(4,5)7-11(16-10(3)14)8-15-9(2)13;/h11H,6-8H2,1-5H3;1H4/q+1;. The number of quaternary nitrogens is 1. The van der Waals surface area contributed by atoms with Crippen LogP contribution in [0.25, 0.3) is 0 Å². The third-order valence-corrected chi connectivity index (χ3v) is 2.36. The molecule has 0 heterocycles. The Morgan fingerprint density at radius 3 is 2.06 bits per heavy atom. The monoisotopic (exact) mass is 248 g/mol. The van der Waals surface area contributed by atoms with E-state index >= 15 is 0 Å². The summed E-state index contributed by atoms with van der Waals surface area (Å²) in [5.74, 6) is -0.716. The molecule has 0 bridgehead atoms. The maximum absolute atomic E-state index is 10.9. The Morgan fingerprint density at radius 1 is 1.18 bits per heavy atom. The zero-order valence-electron chi connectivity index (χ0n) is 10.8. The van der Waals surface area contributed by atoms with E-state index in [1.54, 1.807) is 0 Å². The molecule has 0 radical (unpaired) electrons. The average molecular weight is 248 g/mol. The zero-order valence-corrected chi connectivity index (χ0v) is 10.8. The Kier molecular flexibility index (Phi) is 8.66. The second kappa shape index (κ2) is 8.06. The first kappa shape index (κ1) is 18.3. The van der Waals surface area contributed by atoms with E-state index in [0.29, 0.717) is 11.0 Å². The van der Waals surface area contributed by atoms with Gasteiger partial charge in [0, 0.05) is 13.8 Å². The summed E-state index contributed by atoms with van der Waals surface area (Å²) in [6.45, 7) is 6.41. The Morgan fingerprint density at radius 2 is 1.71 bits per heavy atom. The highest BCUT2D eigenvalue weighted by atomic mass is 16.6. The third kappa shape index (κ3) is 9.81. The van der Waals surface area contributed by atoms with Gasteiger partial charge in [0.25, 0.3) is 0 Å². The first-order valence-electron chi connectivity index (χ1n) is 5.39. The van der Waals surface area contributed by atoms with Gasteiger partial charge in [-0.2, -0.15) is 0 Å². The summed E-state index contributed by atoms with van der Waals surface area (Å²) in [5.41, 5.74) is 0. The smallest absolute Gasteiger partial charge is 0.303 e. The third-order valence-electron chi connectivity index (χ3n) is 2.36. The van der Waals surface area contributed by atoms with E-state index in [2.05, 4.69) is 6.92 Å². The van der Waals surface area contributed by atoms with Gasteiger partial charge in [0.2, 0.25) is 0 Å². The molecule has 0 aliphatic rings. The SMILES string of the molecule is C.CC[N+](C)(C)CC(COC(C)=O)OC(C)=O. The molecule has 0 aromatic rings. The summed E-state index contributed by atoms with van der Waals surface area (Å²) in [4.78, 5) is 21.6. The number of carbonyl (C=O) groups excluding carboxylic acids is 2. The van der Waals surface area contributed by atoms with Gasteiger partial charge in [-0.1, -0.05) is 7.43 Å². The lowest BCUT2D eigenvalue weighted by Gasteiger charge is -2.31. The topological polar surface area (TPSA) is 52.6 Å². The van der Waals surface area contributed by atoms with E-state index in [0.717, 1.165) is 6.54 Å². The van der Waals surface area contributed by atoms with E-state index in [1.807, 2.05) is 14.1 Å².